The van der Waals surface area contributed by atoms with Gasteiger partial charge in [0.1, 0.15) is 6.54 Å². The third kappa shape index (κ3) is 4.90. The fourth-order valence-electron chi connectivity index (χ4n) is 4.17. The lowest BCUT2D eigenvalue weighted by Gasteiger charge is -2.17. The van der Waals surface area contributed by atoms with Gasteiger partial charge in [-0.15, -0.1) is 0 Å². The number of benzene rings is 1. The van der Waals surface area contributed by atoms with Gasteiger partial charge in [-0.05, 0) is 50.7 Å². The molecular weight excluding hydrogens is 406 g/mol. The predicted octanol–water partition coefficient (Wildman–Crippen LogP) is 5.32. The van der Waals surface area contributed by atoms with E-state index >= 15 is 0 Å². The summed E-state index contributed by atoms with van der Waals surface area (Å²) in [6.45, 7) is 11.1. The van der Waals surface area contributed by atoms with E-state index in [2.05, 4.69) is 42.7 Å². The number of hydrogen-bond donors (Lipinski definition) is 1. The highest BCUT2D eigenvalue weighted by Gasteiger charge is 2.43. The van der Waals surface area contributed by atoms with E-state index in [1.807, 2.05) is 12.1 Å². The SMILES string of the molecule is [CH]=C1CCCC(/C=C/C2=[N+](CCCCS(=O)(=O)O)c3ccccc3C2(C)C)=C1Cl. The van der Waals surface area contributed by atoms with Crippen molar-refractivity contribution < 1.29 is 17.5 Å². The summed E-state index contributed by atoms with van der Waals surface area (Å²) in [5.41, 5.74) is 5.14. The quantitative estimate of drug-likeness (QED) is 0.359. The van der Waals surface area contributed by atoms with Crippen LogP contribution in [0.4, 0.5) is 5.69 Å². The van der Waals surface area contributed by atoms with Gasteiger partial charge in [-0.2, -0.15) is 13.0 Å². The zero-order chi connectivity index (χ0) is 21.2. The Morgan fingerprint density at radius 3 is 2.66 bits per heavy atom. The number of allylic oxidation sites excluding steroid dienone is 5. The van der Waals surface area contributed by atoms with Crippen LogP contribution in [0.3, 0.4) is 0 Å². The van der Waals surface area contributed by atoms with E-state index in [0.717, 1.165) is 41.8 Å². The van der Waals surface area contributed by atoms with E-state index in [9.17, 15) is 8.42 Å². The van der Waals surface area contributed by atoms with Gasteiger partial charge in [0, 0.05) is 29.2 Å². The molecule has 0 saturated carbocycles. The van der Waals surface area contributed by atoms with Crippen molar-refractivity contribution in [3.63, 3.8) is 0 Å². The Balaban J connectivity index is 1.93. The average molecular weight is 434 g/mol. The summed E-state index contributed by atoms with van der Waals surface area (Å²) < 4.78 is 33.3. The van der Waals surface area contributed by atoms with Crippen molar-refractivity contribution in [3.8, 4) is 0 Å². The summed E-state index contributed by atoms with van der Waals surface area (Å²) in [5, 5.41) is 0.668. The summed E-state index contributed by atoms with van der Waals surface area (Å²) in [5.74, 6) is -0.214. The summed E-state index contributed by atoms with van der Waals surface area (Å²) in [7, 11) is -3.93. The monoisotopic (exact) mass is 433 g/mol. The third-order valence-electron chi connectivity index (χ3n) is 5.73. The van der Waals surface area contributed by atoms with Crippen LogP contribution in [0.5, 0.6) is 0 Å². The Bertz CT molecular complexity index is 1020. The average Bonchev–Trinajstić information content (AvgIpc) is 2.86. The molecule has 1 aromatic rings. The molecular formula is C23H28ClNO3S+. The normalized spacial score (nSPS) is 19.4. The Morgan fingerprint density at radius 1 is 1.21 bits per heavy atom. The lowest BCUT2D eigenvalue weighted by Crippen LogP contribution is -2.28. The zero-order valence-corrected chi connectivity index (χ0v) is 18.6. The topological polar surface area (TPSA) is 57.4 Å². The molecule has 0 aromatic heterocycles. The lowest BCUT2D eigenvalue weighted by atomic mass is 9.81. The molecule has 0 spiro atoms. The molecule has 1 aliphatic heterocycles. The number of rotatable bonds is 7. The Labute approximate surface area is 179 Å². The fraction of sp³-hybridized carbons (Fsp3) is 0.435. The summed E-state index contributed by atoms with van der Waals surface area (Å²) in [4.78, 5) is 0. The van der Waals surface area contributed by atoms with Crippen LogP contribution in [-0.4, -0.2) is 35.6 Å². The van der Waals surface area contributed by atoms with Crippen molar-refractivity contribution in [1.29, 1.82) is 0 Å². The molecule has 0 unspecified atom stereocenters. The second kappa shape index (κ2) is 8.58. The van der Waals surface area contributed by atoms with Crippen molar-refractivity contribution in [3.05, 3.63) is 64.7 Å². The molecule has 0 atom stereocenters. The van der Waals surface area contributed by atoms with Crippen LogP contribution in [0.15, 0.2) is 52.6 Å². The Kier molecular flexibility index (Phi) is 6.51. The van der Waals surface area contributed by atoms with Gasteiger partial charge in [-0.1, -0.05) is 42.5 Å². The number of hydrogen-bond acceptors (Lipinski definition) is 2. The molecule has 0 bridgehead atoms. The second-order valence-corrected chi connectivity index (χ2v) is 10.2. The highest BCUT2D eigenvalue weighted by atomic mass is 35.5. The predicted molar refractivity (Wildman–Crippen MR) is 119 cm³/mol. The lowest BCUT2D eigenvalue weighted by molar-refractivity contribution is -0.438. The molecule has 155 valence electrons. The van der Waals surface area contributed by atoms with Crippen molar-refractivity contribution in [1.82, 2.24) is 0 Å². The highest BCUT2D eigenvalue weighted by Crippen LogP contribution is 2.40. The first-order valence-corrected chi connectivity index (χ1v) is 12.0. The first-order valence-electron chi connectivity index (χ1n) is 9.99. The van der Waals surface area contributed by atoms with Gasteiger partial charge in [0.15, 0.2) is 5.71 Å². The Hall–Kier alpha value is -1.69. The standard InChI is InChI=1S/C23H27ClNO3S/c1-17-9-8-10-18(22(17)24)13-14-21-23(2,3)19-11-4-5-12-20(19)25(21)15-6-7-16-29(26,27)28/h1,4-5,11-14H,6-10,15-16H2,2-3H3/p+1/b14-13+,17-1?. The number of nitrogens with zero attached hydrogens (tertiary/aromatic N) is 1. The van der Waals surface area contributed by atoms with Gasteiger partial charge in [-0.3, -0.25) is 4.55 Å². The first kappa shape index (κ1) is 22.0. The maximum Gasteiger partial charge on any atom is 0.264 e. The number of fused-ring (bicyclic) bond motifs is 1. The molecule has 1 aliphatic carbocycles. The molecule has 3 rings (SSSR count). The number of para-hydroxylation sites is 1. The van der Waals surface area contributed by atoms with E-state index in [4.69, 9.17) is 22.7 Å². The maximum atomic E-state index is 11.0. The molecule has 1 radical (unpaired) electrons. The summed E-state index contributed by atoms with van der Waals surface area (Å²) >= 11 is 6.42. The van der Waals surface area contributed by atoms with Gasteiger partial charge < -0.3 is 0 Å². The van der Waals surface area contributed by atoms with Crippen LogP contribution < -0.4 is 0 Å². The van der Waals surface area contributed by atoms with Crippen molar-refractivity contribution in [2.45, 2.75) is 51.4 Å². The molecule has 4 nitrogen and oxygen atoms in total. The fourth-order valence-corrected chi connectivity index (χ4v) is 4.99. The minimum absolute atomic E-state index is 0.187. The molecule has 6 heteroatoms. The van der Waals surface area contributed by atoms with E-state index in [0.29, 0.717) is 24.4 Å². The van der Waals surface area contributed by atoms with E-state index in [1.54, 1.807) is 0 Å². The van der Waals surface area contributed by atoms with Gasteiger partial charge in [0.25, 0.3) is 10.1 Å². The van der Waals surface area contributed by atoms with E-state index in [1.165, 1.54) is 5.56 Å². The van der Waals surface area contributed by atoms with Gasteiger partial charge in [0.2, 0.25) is 5.69 Å². The van der Waals surface area contributed by atoms with Gasteiger partial charge in [-0.25, -0.2) is 0 Å². The largest absolute Gasteiger partial charge is 0.286 e. The van der Waals surface area contributed by atoms with Crippen LogP contribution in [0.1, 0.15) is 51.5 Å². The smallest absolute Gasteiger partial charge is 0.264 e. The third-order valence-corrected chi connectivity index (χ3v) is 7.02. The molecule has 1 heterocycles. The molecule has 0 saturated heterocycles. The van der Waals surface area contributed by atoms with Crippen LogP contribution in [-0.2, 0) is 15.5 Å². The van der Waals surface area contributed by atoms with Gasteiger partial charge in [0.05, 0.1) is 11.2 Å². The van der Waals surface area contributed by atoms with E-state index < -0.39 is 10.1 Å². The molecule has 29 heavy (non-hydrogen) atoms. The second-order valence-electron chi connectivity index (χ2n) is 8.22. The van der Waals surface area contributed by atoms with Crippen molar-refractivity contribution in [2.75, 3.05) is 12.3 Å². The molecule has 0 amide bonds. The van der Waals surface area contributed by atoms with Crippen LogP contribution in [0.25, 0.3) is 0 Å². The molecule has 1 N–H and O–H groups in total. The zero-order valence-electron chi connectivity index (χ0n) is 17.0. The number of halogens is 1. The first-order chi connectivity index (χ1) is 13.6. The highest BCUT2D eigenvalue weighted by molar-refractivity contribution is 7.85. The molecule has 0 fully saturated rings. The van der Waals surface area contributed by atoms with Crippen molar-refractivity contribution >= 4 is 33.1 Å². The summed E-state index contributed by atoms with van der Waals surface area (Å²) in [6.07, 6.45) is 8.01. The molecule has 1 aromatic carbocycles. The minimum atomic E-state index is -3.93. The maximum absolute atomic E-state index is 11.0. The van der Waals surface area contributed by atoms with Crippen LogP contribution in [0, 0.1) is 6.58 Å². The minimum Gasteiger partial charge on any atom is -0.286 e. The summed E-state index contributed by atoms with van der Waals surface area (Å²) in [6, 6.07) is 8.29. The van der Waals surface area contributed by atoms with Crippen LogP contribution >= 0.6 is 11.6 Å². The molecule has 2 aliphatic rings. The number of unbranched alkanes of at least 4 members (excludes halogenated alkanes) is 1. The van der Waals surface area contributed by atoms with E-state index in [-0.39, 0.29) is 11.2 Å². The van der Waals surface area contributed by atoms with Crippen LogP contribution in [0.2, 0.25) is 0 Å². The van der Waals surface area contributed by atoms with Crippen molar-refractivity contribution in [2.24, 2.45) is 0 Å². The Morgan fingerprint density at radius 2 is 1.93 bits per heavy atom. The van der Waals surface area contributed by atoms with Gasteiger partial charge >= 0.3 is 0 Å².